The SMILES string of the molecule is C=c1cccc/c1=C(/C=C(\C)N)C1=C2N=CC(N3CCC(N4CCNCC4)CC3)=CN2N(C)C1. The highest BCUT2D eigenvalue weighted by Gasteiger charge is 2.32. The van der Waals surface area contributed by atoms with E-state index in [4.69, 9.17) is 10.7 Å². The number of fused-ring (bicyclic) bond motifs is 1. The molecule has 0 atom stereocenters. The molecule has 1 aromatic carbocycles. The predicted octanol–water partition coefficient (Wildman–Crippen LogP) is 0.780. The van der Waals surface area contributed by atoms with Crippen LogP contribution in [0.1, 0.15) is 19.8 Å². The van der Waals surface area contributed by atoms with Crippen molar-refractivity contribution in [3.05, 3.63) is 69.8 Å². The lowest BCUT2D eigenvalue weighted by molar-refractivity contribution is 0.104. The summed E-state index contributed by atoms with van der Waals surface area (Å²) in [6.45, 7) is 13.7. The van der Waals surface area contributed by atoms with Crippen molar-refractivity contribution in [1.82, 2.24) is 25.1 Å². The third-order valence-corrected chi connectivity index (χ3v) is 7.32. The van der Waals surface area contributed by atoms with Crippen molar-refractivity contribution in [2.45, 2.75) is 25.8 Å². The number of likely N-dealkylation sites (N-methyl/N-ethyl adjacent to an activating group) is 1. The number of benzene rings is 1. The molecule has 0 aromatic heterocycles. The van der Waals surface area contributed by atoms with Gasteiger partial charge in [0.2, 0.25) is 0 Å². The van der Waals surface area contributed by atoms with Gasteiger partial charge in [0.1, 0.15) is 0 Å². The van der Waals surface area contributed by atoms with Crippen molar-refractivity contribution >= 4 is 18.4 Å². The van der Waals surface area contributed by atoms with Crippen LogP contribution in [0.5, 0.6) is 0 Å². The molecule has 1 aromatic rings. The normalized spacial score (nSPS) is 23.9. The molecule has 180 valence electrons. The van der Waals surface area contributed by atoms with Gasteiger partial charge in [-0.1, -0.05) is 30.8 Å². The summed E-state index contributed by atoms with van der Waals surface area (Å²) in [6.07, 6.45) is 8.77. The number of nitrogens with one attached hydrogen (secondary N) is 1. The number of nitrogens with two attached hydrogens (primary N) is 1. The van der Waals surface area contributed by atoms with E-state index in [1.54, 1.807) is 0 Å². The van der Waals surface area contributed by atoms with Crippen LogP contribution < -0.4 is 21.5 Å². The monoisotopic (exact) mass is 459 g/mol. The molecule has 0 unspecified atom stereocenters. The summed E-state index contributed by atoms with van der Waals surface area (Å²) in [5.74, 6) is 0.970. The van der Waals surface area contributed by atoms with Crippen molar-refractivity contribution in [3.8, 4) is 0 Å². The first-order valence-electron chi connectivity index (χ1n) is 12.4. The maximum Gasteiger partial charge on any atom is 0.152 e. The van der Waals surface area contributed by atoms with Crippen molar-refractivity contribution in [3.63, 3.8) is 0 Å². The second kappa shape index (κ2) is 9.78. The molecule has 0 amide bonds. The molecule has 0 aliphatic carbocycles. The lowest BCUT2D eigenvalue weighted by atomic mass is 10.0. The zero-order valence-electron chi connectivity index (χ0n) is 20.5. The molecule has 34 heavy (non-hydrogen) atoms. The minimum atomic E-state index is 0.710. The summed E-state index contributed by atoms with van der Waals surface area (Å²) < 4.78 is 0. The van der Waals surface area contributed by atoms with Crippen LogP contribution in [0.4, 0.5) is 0 Å². The van der Waals surface area contributed by atoms with Gasteiger partial charge in [0, 0.05) is 76.4 Å². The Morgan fingerprint density at radius 2 is 1.88 bits per heavy atom. The van der Waals surface area contributed by atoms with Crippen molar-refractivity contribution in [2.75, 3.05) is 52.9 Å². The highest BCUT2D eigenvalue weighted by Crippen LogP contribution is 2.33. The van der Waals surface area contributed by atoms with Gasteiger partial charge in [0.05, 0.1) is 11.9 Å². The molecule has 7 heteroatoms. The maximum atomic E-state index is 6.14. The lowest BCUT2D eigenvalue weighted by Gasteiger charge is -2.42. The average Bonchev–Trinajstić information content (AvgIpc) is 3.19. The summed E-state index contributed by atoms with van der Waals surface area (Å²) in [5.41, 5.74) is 10.4. The molecule has 4 aliphatic rings. The Morgan fingerprint density at radius 1 is 1.15 bits per heavy atom. The average molecular weight is 460 g/mol. The standard InChI is InChI=1S/C27H37N7/c1-20-6-4-5-7-24(20)25(16-21(2)28)26-19-31(3)34-18-23(17-30-27(26)34)32-12-8-22(9-13-32)33-14-10-29-11-15-33/h4-7,16-18,22,29H,1,8-15,19,28H2,2-3H3/b21-16+,25-24+. The van der Waals surface area contributed by atoms with E-state index in [0.29, 0.717) is 6.04 Å². The molecule has 0 radical (unpaired) electrons. The Bertz CT molecular complexity index is 1140. The number of likely N-dealkylation sites (tertiary alicyclic amines) is 1. The topological polar surface area (TPSA) is 63.4 Å². The van der Waals surface area contributed by atoms with Gasteiger partial charge in [-0.05, 0) is 41.9 Å². The van der Waals surface area contributed by atoms with E-state index >= 15 is 0 Å². The van der Waals surface area contributed by atoms with Gasteiger partial charge < -0.3 is 16.0 Å². The van der Waals surface area contributed by atoms with E-state index in [1.807, 2.05) is 25.3 Å². The Hall–Kier alpha value is -2.87. The highest BCUT2D eigenvalue weighted by molar-refractivity contribution is 5.82. The van der Waals surface area contributed by atoms with Gasteiger partial charge in [-0.15, -0.1) is 0 Å². The molecule has 0 spiro atoms. The summed E-state index contributed by atoms with van der Waals surface area (Å²) in [5, 5.41) is 9.98. The van der Waals surface area contributed by atoms with Gasteiger partial charge in [-0.25, -0.2) is 10.0 Å². The molecule has 3 N–H and O–H groups in total. The van der Waals surface area contributed by atoms with Crippen molar-refractivity contribution < 1.29 is 0 Å². The second-order valence-electron chi connectivity index (χ2n) is 9.74. The zero-order valence-corrected chi connectivity index (χ0v) is 20.5. The minimum absolute atomic E-state index is 0.710. The Labute approximate surface area is 202 Å². The Morgan fingerprint density at radius 3 is 2.59 bits per heavy atom. The van der Waals surface area contributed by atoms with Crippen LogP contribution in [0.2, 0.25) is 0 Å². The number of piperazine rings is 1. The first-order valence-corrected chi connectivity index (χ1v) is 12.4. The lowest BCUT2D eigenvalue weighted by Crippen LogP contribution is -2.52. The van der Waals surface area contributed by atoms with Crippen molar-refractivity contribution in [1.29, 1.82) is 0 Å². The first kappa shape index (κ1) is 22.9. The number of rotatable bonds is 4. The molecule has 0 bridgehead atoms. The van der Waals surface area contributed by atoms with Crippen LogP contribution in [-0.4, -0.2) is 84.9 Å². The van der Waals surface area contributed by atoms with Crippen LogP contribution in [0, 0.1) is 0 Å². The maximum absolute atomic E-state index is 6.14. The molecule has 4 heterocycles. The first-order chi connectivity index (χ1) is 16.5. The summed E-state index contributed by atoms with van der Waals surface area (Å²) in [6, 6.07) is 8.94. The molecule has 2 saturated heterocycles. The van der Waals surface area contributed by atoms with Crippen LogP contribution in [0.25, 0.3) is 12.2 Å². The van der Waals surface area contributed by atoms with Crippen LogP contribution >= 0.6 is 0 Å². The van der Waals surface area contributed by atoms with E-state index in [1.165, 1.54) is 37.2 Å². The van der Waals surface area contributed by atoms with Gasteiger partial charge in [0.25, 0.3) is 0 Å². The van der Waals surface area contributed by atoms with Gasteiger partial charge in [-0.2, -0.15) is 0 Å². The van der Waals surface area contributed by atoms with Crippen LogP contribution in [0.3, 0.4) is 0 Å². The zero-order chi connectivity index (χ0) is 23.7. The third kappa shape index (κ3) is 4.56. The number of hydrogen-bond donors (Lipinski definition) is 2. The number of allylic oxidation sites excluding steroid dienone is 3. The number of hydrazine groups is 1. The molecular weight excluding hydrogens is 422 g/mol. The molecule has 4 aliphatic heterocycles. The number of piperidine rings is 1. The van der Waals surface area contributed by atoms with E-state index in [-0.39, 0.29) is 0 Å². The minimum Gasteiger partial charge on any atom is -0.402 e. The van der Waals surface area contributed by atoms with Gasteiger partial charge in [0.15, 0.2) is 5.82 Å². The fourth-order valence-electron chi connectivity index (χ4n) is 5.50. The van der Waals surface area contributed by atoms with E-state index in [9.17, 15) is 0 Å². The quantitative estimate of drug-likeness (QED) is 0.694. The fourth-order valence-corrected chi connectivity index (χ4v) is 5.50. The van der Waals surface area contributed by atoms with Crippen molar-refractivity contribution in [2.24, 2.45) is 10.7 Å². The Kier molecular flexibility index (Phi) is 6.59. The molecule has 5 rings (SSSR count). The van der Waals surface area contributed by atoms with E-state index in [0.717, 1.165) is 60.3 Å². The fraction of sp³-hybridized carbons (Fsp3) is 0.444. The van der Waals surface area contributed by atoms with Crippen LogP contribution in [0.15, 0.2) is 64.3 Å². The number of hydrogen-bond acceptors (Lipinski definition) is 7. The molecular formula is C27H37N7. The van der Waals surface area contributed by atoms with E-state index in [2.05, 4.69) is 63.2 Å². The third-order valence-electron chi connectivity index (χ3n) is 7.32. The smallest absolute Gasteiger partial charge is 0.152 e. The number of aliphatic imine (C=N–C) groups is 1. The highest BCUT2D eigenvalue weighted by atomic mass is 15.7. The summed E-state index contributed by atoms with van der Waals surface area (Å²) >= 11 is 0. The molecule has 7 nitrogen and oxygen atoms in total. The summed E-state index contributed by atoms with van der Waals surface area (Å²) in [7, 11) is 2.12. The Balaban J connectivity index is 1.39. The van der Waals surface area contributed by atoms with Crippen LogP contribution in [-0.2, 0) is 0 Å². The molecule has 0 saturated carbocycles. The van der Waals surface area contributed by atoms with Gasteiger partial charge in [-0.3, -0.25) is 9.91 Å². The van der Waals surface area contributed by atoms with E-state index < -0.39 is 0 Å². The largest absolute Gasteiger partial charge is 0.402 e. The van der Waals surface area contributed by atoms with Gasteiger partial charge >= 0.3 is 0 Å². The summed E-state index contributed by atoms with van der Waals surface area (Å²) in [4.78, 5) is 10.1. The second-order valence-corrected chi connectivity index (χ2v) is 9.74. The predicted molar refractivity (Wildman–Crippen MR) is 140 cm³/mol. The molecule has 2 fully saturated rings. The number of nitrogens with zero attached hydrogens (tertiary/aromatic N) is 5.